The maximum absolute atomic E-state index is 13.0. The van der Waals surface area contributed by atoms with Crippen molar-refractivity contribution < 1.29 is 24.0 Å². The van der Waals surface area contributed by atoms with Crippen LogP contribution in [0, 0.1) is 0 Å². The second-order valence-electron chi connectivity index (χ2n) is 8.29. The van der Waals surface area contributed by atoms with E-state index < -0.39 is 29.7 Å². The number of nitrogens with two attached hydrogens (primary N) is 1. The summed E-state index contributed by atoms with van der Waals surface area (Å²) in [5, 5.41) is 2.20. The quantitative estimate of drug-likeness (QED) is 0.444. The first kappa shape index (κ1) is 24.7. The zero-order chi connectivity index (χ0) is 22.8. The SMILES string of the molecule is Cl.NCCCCC(=O)N1CCN(c2ccc3c(c2)C(=O)N(C2CCC(=O)NC2=O)C3=O)CC1. The third kappa shape index (κ3) is 4.86. The molecule has 4 rings (SSSR count). The Morgan fingerprint density at radius 2 is 1.70 bits per heavy atom. The number of hydrogen-bond donors (Lipinski definition) is 2. The molecule has 1 aromatic rings. The average Bonchev–Trinajstić information content (AvgIpc) is 3.04. The Morgan fingerprint density at radius 3 is 2.36 bits per heavy atom. The van der Waals surface area contributed by atoms with E-state index in [-0.39, 0.29) is 42.3 Å². The number of piperidine rings is 1. The fraction of sp³-hybridized carbons (Fsp3) is 0.500. The van der Waals surface area contributed by atoms with Crippen LogP contribution in [0.2, 0.25) is 0 Å². The second kappa shape index (κ2) is 10.3. The van der Waals surface area contributed by atoms with Gasteiger partial charge in [-0.3, -0.25) is 34.2 Å². The van der Waals surface area contributed by atoms with Gasteiger partial charge in [-0.25, -0.2) is 0 Å². The maximum Gasteiger partial charge on any atom is 0.262 e. The Balaban J connectivity index is 0.00000306. The van der Waals surface area contributed by atoms with Crippen molar-refractivity contribution in [3.63, 3.8) is 0 Å². The van der Waals surface area contributed by atoms with E-state index in [4.69, 9.17) is 5.73 Å². The van der Waals surface area contributed by atoms with Crippen molar-refractivity contribution in [2.75, 3.05) is 37.6 Å². The Bertz CT molecular complexity index is 976. The molecule has 178 valence electrons. The molecule has 3 N–H and O–H groups in total. The summed E-state index contributed by atoms with van der Waals surface area (Å²) in [4.78, 5) is 66.6. The molecular formula is C22H28ClN5O5. The molecule has 2 saturated heterocycles. The van der Waals surface area contributed by atoms with E-state index in [1.54, 1.807) is 18.2 Å². The van der Waals surface area contributed by atoms with E-state index >= 15 is 0 Å². The summed E-state index contributed by atoms with van der Waals surface area (Å²) in [7, 11) is 0. The van der Waals surface area contributed by atoms with Crippen molar-refractivity contribution in [2.45, 2.75) is 38.1 Å². The number of carbonyl (C=O) groups is 5. The molecule has 0 spiro atoms. The summed E-state index contributed by atoms with van der Waals surface area (Å²) in [5.41, 5.74) is 6.80. The number of carbonyl (C=O) groups excluding carboxylic acids is 5. The topological polar surface area (TPSA) is 133 Å². The smallest absolute Gasteiger partial charge is 0.262 e. The van der Waals surface area contributed by atoms with Gasteiger partial charge in [-0.05, 0) is 44.0 Å². The Labute approximate surface area is 197 Å². The van der Waals surface area contributed by atoms with Crippen molar-refractivity contribution in [1.82, 2.24) is 15.1 Å². The number of unbranched alkanes of at least 4 members (excludes halogenated alkanes) is 1. The zero-order valence-electron chi connectivity index (χ0n) is 18.2. The standard InChI is InChI=1S/C22H27N5O5.ClH/c23-8-2-1-3-19(29)26-11-9-25(10-12-26)14-4-5-15-16(13-14)22(32)27(21(15)31)17-6-7-18(28)24-20(17)30;/h4-5,13,17H,1-3,6-12,23H2,(H,24,28,30);1H. The minimum Gasteiger partial charge on any atom is -0.368 e. The predicted octanol–water partition coefficient (Wildman–Crippen LogP) is 0.287. The van der Waals surface area contributed by atoms with Gasteiger partial charge in [-0.1, -0.05) is 0 Å². The van der Waals surface area contributed by atoms with Gasteiger partial charge in [-0.2, -0.15) is 0 Å². The van der Waals surface area contributed by atoms with Crippen LogP contribution in [-0.2, 0) is 14.4 Å². The highest BCUT2D eigenvalue weighted by molar-refractivity contribution is 6.23. The van der Waals surface area contributed by atoms with Gasteiger partial charge in [0.05, 0.1) is 11.1 Å². The van der Waals surface area contributed by atoms with Crippen molar-refractivity contribution in [2.24, 2.45) is 5.73 Å². The second-order valence-corrected chi connectivity index (χ2v) is 8.29. The lowest BCUT2D eigenvalue weighted by Crippen LogP contribution is -2.54. The molecule has 10 nitrogen and oxygen atoms in total. The van der Waals surface area contributed by atoms with Crippen molar-refractivity contribution >= 4 is 47.6 Å². The van der Waals surface area contributed by atoms with Gasteiger partial charge in [0.25, 0.3) is 11.8 Å². The third-order valence-corrected chi connectivity index (χ3v) is 6.27. The first-order valence-electron chi connectivity index (χ1n) is 11.0. The summed E-state index contributed by atoms with van der Waals surface area (Å²) < 4.78 is 0. The van der Waals surface area contributed by atoms with Crippen LogP contribution in [0.15, 0.2) is 18.2 Å². The maximum atomic E-state index is 13.0. The molecule has 3 aliphatic heterocycles. The van der Waals surface area contributed by atoms with E-state index in [1.165, 1.54) is 0 Å². The van der Waals surface area contributed by atoms with E-state index in [9.17, 15) is 24.0 Å². The highest BCUT2D eigenvalue weighted by Crippen LogP contribution is 2.31. The minimum atomic E-state index is -0.975. The van der Waals surface area contributed by atoms with Gasteiger partial charge >= 0.3 is 0 Å². The molecule has 11 heteroatoms. The van der Waals surface area contributed by atoms with Crippen LogP contribution in [0.4, 0.5) is 5.69 Å². The van der Waals surface area contributed by atoms with Gasteiger partial charge in [0.2, 0.25) is 17.7 Å². The molecule has 33 heavy (non-hydrogen) atoms. The van der Waals surface area contributed by atoms with Gasteiger partial charge in [0.15, 0.2) is 0 Å². The van der Waals surface area contributed by atoms with E-state index in [2.05, 4.69) is 10.2 Å². The molecule has 2 fully saturated rings. The molecule has 1 unspecified atom stereocenters. The Kier molecular flexibility index (Phi) is 7.70. The number of halogens is 1. The lowest BCUT2D eigenvalue weighted by molar-refractivity contribution is -0.136. The van der Waals surface area contributed by atoms with Crippen LogP contribution < -0.4 is 16.0 Å². The van der Waals surface area contributed by atoms with E-state index in [0.717, 1.165) is 23.4 Å². The molecule has 0 saturated carbocycles. The van der Waals surface area contributed by atoms with Crippen LogP contribution in [0.1, 0.15) is 52.8 Å². The predicted molar refractivity (Wildman–Crippen MR) is 122 cm³/mol. The van der Waals surface area contributed by atoms with Crippen molar-refractivity contribution in [3.05, 3.63) is 29.3 Å². The summed E-state index contributed by atoms with van der Waals surface area (Å²) in [6.07, 6.45) is 2.35. The zero-order valence-corrected chi connectivity index (χ0v) is 19.1. The fourth-order valence-corrected chi connectivity index (χ4v) is 4.45. The highest BCUT2D eigenvalue weighted by atomic mass is 35.5. The van der Waals surface area contributed by atoms with Crippen molar-refractivity contribution in [3.8, 4) is 0 Å². The van der Waals surface area contributed by atoms with Crippen LogP contribution in [-0.4, -0.2) is 78.1 Å². The molecule has 0 bridgehead atoms. The molecule has 0 aromatic heterocycles. The first-order chi connectivity index (χ1) is 15.4. The summed E-state index contributed by atoms with van der Waals surface area (Å²) in [5.74, 6) is -1.92. The fourth-order valence-electron chi connectivity index (χ4n) is 4.45. The molecule has 3 heterocycles. The number of imide groups is 2. The number of fused-ring (bicyclic) bond motifs is 1. The van der Waals surface area contributed by atoms with Gasteiger partial charge in [-0.15, -0.1) is 12.4 Å². The molecule has 1 atom stereocenters. The van der Waals surface area contributed by atoms with Gasteiger partial charge in [0.1, 0.15) is 6.04 Å². The molecule has 1 aromatic carbocycles. The van der Waals surface area contributed by atoms with Crippen LogP contribution >= 0.6 is 12.4 Å². The number of anilines is 1. The largest absolute Gasteiger partial charge is 0.368 e. The monoisotopic (exact) mass is 477 g/mol. The van der Waals surface area contributed by atoms with Gasteiger partial charge < -0.3 is 15.5 Å². The minimum absolute atomic E-state index is 0. The number of nitrogens with one attached hydrogen (secondary N) is 1. The molecular weight excluding hydrogens is 450 g/mol. The summed E-state index contributed by atoms with van der Waals surface area (Å²) >= 11 is 0. The lowest BCUT2D eigenvalue weighted by Gasteiger charge is -2.36. The molecule has 0 radical (unpaired) electrons. The number of piperazine rings is 1. The number of nitrogens with zero attached hydrogens (tertiary/aromatic N) is 3. The number of benzene rings is 1. The Hall–Kier alpha value is -2.98. The molecule has 0 aliphatic carbocycles. The van der Waals surface area contributed by atoms with E-state index in [0.29, 0.717) is 39.1 Å². The van der Waals surface area contributed by atoms with Crippen LogP contribution in [0.3, 0.4) is 0 Å². The number of hydrogen-bond acceptors (Lipinski definition) is 7. The summed E-state index contributed by atoms with van der Waals surface area (Å²) in [6.45, 7) is 3.02. The van der Waals surface area contributed by atoms with Crippen LogP contribution in [0.25, 0.3) is 0 Å². The Morgan fingerprint density at radius 1 is 1.00 bits per heavy atom. The lowest BCUT2D eigenvalue weighted by atomic mass is 10.0. The first-order valence-corrected chi connectivity index (χ1v) is 11.0. The van der Waals surface area contributed by atoms with Crippen LogP contribution in [0.5, 0.6) is 0 Å². The molecule has 3 aliphatic rings. The van der Waals surface area contributed by atoms with E-state index in [1.807, 2.05) is 4.90 Å². The summed E-state index contributed by atoms with van der Waals surface area (Å²) in [6, 6.07) is 4.11. The molecule has 5 amide bonds. The third-order valence-electron chi connectivity index (χ3n) is 6.27. The van der Waals surface area contributed by atoms with Gasteiger partial charge in [0, 0.05) is 44.7 Å². The average molecular weight is 478 g/mol. The number of rotatable bonds is 6. The normalized spacial score (nSPS) is 20.5. The highest BCUT2D eigenvalue weighted by Gasteiger charge is 2.44. The number of amides is 5. The van der Waals surface area contributed by atoms with Crippen molar-refractivity contribution in [1.29, 1.82) is 0 Å².